The average Bonchev–Trinajstić information content (AvgIpc) is 3.18. The van der Waals surface area contributed by atoms with Crippen molar-refractivity contribution in [1.29, 1.82) is 0 Å². The summed E-state index contributed by atoms with van der Waals surface area (Å²) in [6.45, 7) is 3.87. The highest BCUT2D eigenvalue weighted by Crippen LogP contribution is 2.30. The van der Waals surface area contributed by atoms with Gasteiger partial charge in [0.05, 0.1) is 33.0 Å². The van der Waals surface area contributed by atoms with Gasteiger partial charge in [-0.2, -0.15) is 5.10 Å². The van der Waals surface area contributed by atoms with E-state index in [1.807, 2.05) is 20.1 Å². The molecule has 0 aliphatic carbocycles. The van der Waals surface area contributed by atoms with Crippen molar-refractivity contribution >= 4 is 34.1 Å². The molecular formula is C17H17FN4OS2. The predicted molar refractivity (Wildman–Crippen MR) is 99.5 cm³/mol. The molecule has 1 aromatic carbocycles. The zero-order valence-electron chi connectivity index (χ0n) is 14.0. The monoisotopic (exact) mass is 376 g/mol. The lowest BCUT2D eigenvalue weighted by atomic mass is 10.2. The van der Waals surface area contributed by atoms with Crippen LogP contribution in [-0.2, 0) is 6.42 Å². The number of halogens is 1. The summed E-state index contributed by atoms with van der Waals surface area (Å²) in [6.07, 6.45) is 4.13. The fourth-order valence-corrected chi connectivity index (χ4v) is 4.10. The molecule has 2 heterocycles. The Kier molecular flexibility index (Phi) is 5.19. The van der Waals surface area contributed by atoms with E-state index in [4.69, 9.17) is 0 Å². The number of aryl methyl sites for hydroxylation is 1. The molecule has 0 fully saturated rings. The van der Waals surface area contributed by atoms with Gasteiger partial charge < -0.3 is 0 Å². The maximum Gasteiger partial charge on any atom is 0.260 e. The SMILES string of the molecule is CCc1c(C(=O)Nc2nc(C)c(SC)s2)cnn1-c1ccc(F)cc1. The van der Waals surface area contributed by atoms with Crippen LogP contribution >= 0.6 is 23.1 Å². The molecule has 0 aliphatic rings. The fourth-order valence-electron chi connectivity index (χ4n) is 2.50. The van der Waals surface area contributed by atoms with Gasteiger partial charge in [-0.3, -0.25) is 10.1 Å². The minimum atomic E-state index is -0.310. The third kappa shape index (κ3) is 3.59. The molecule has 130 valence electrons. The zero-order valence-corrected chi connectivity index (χ0v) is 15.7. The Morgan fingerprint density at radius 3 is 2.68 bits per heavy atom. The molecule has 3 rings (SSSR count). The number of thiazole rings is 1. The van der Waals surface area contributed by atoms with E-state index in [1.165, 1.54) is 29.7 Å². The third-order valence-electron chi connectivity index (χ3n) is 3.68. The van der Waals surface area contributed by atoms with Gasteiger partial charge in [0.25, 0.3) is 5.91 Å². The number of thioether (sulfide) groups is 1. The quantitative estimate of drug-likeness (QED) is 0.674. The molecule has 0 saturated carbocycles. The lowest BCUT2D eigenvalue weighted by Crippen LogP contribution is -2.14. The average molecular weight is 376 g/mol. The molecule has 5 nitrogen and oxygen atoms in total. The van der Waals surface area contributed by atoms with Crippen LogP contribution in [0.2, 0.25) is 0 Å². The Morgan fingerprint density at radius 1 is 1.36 bits per heavy atom. The van der Waals surface area contributed by atoms with Crippen molar-refractivity contribution in [3.8, 4) is 5.69 Å². The summed E-state index contributed by atoms with van der Waals surface area (Å²) in [4.78, 5) is 17.0. The number of amides is 1. The maximum absolute atomic E-state index is 13.1. The van der Waals surface area contributed by atoms with Crippen molar-refractivity contribution in [3.05, 3.63) is 53.2 Å². The first-order valence-corrected chi connectivity index (χ1v) is 9.73. The number of hydrogen-bond acceptors (Lipinski definition) is 5. The lowest BCUT2D eigenvalue weighted by Gasteiger charge is -2.07. The van der Waals surface area contributed by atoms with Crippen LogP contribution in [0.1, 0.15) is 28.7 Å². The molecular weight excluding hydrogens is 359 g/mol. The van der Waals surface area contributed by atoms with Crippen LogP contribution in [-0.4, -0.2) is 26.9 Å². The molecule has 0 bridgehead atoms. The van der Waals surface area contributed by atoms with E-state index in [-0.39, 0.29) is 11.7 Å². The van der Waals surface area contributed by atoms with E-state index in [0.29, 0.717) is 22.8 Å². The molecule has 0 atom stereocenters. The Bertz CT molecular complexity index is 902. The van der Waals surface area contributed by atoms with Crippen LogP contribution in [0.5, 0.6) is 0 Å². The third-order valence-corrected chi connectivity index (χ3v) is 5.96. The molecule has 2 aromatic heterocycles. The Morgan fingerprint density at radius 2 is 2.08 bits per heavy atom. The van der Waals surface area contributed by atoms with E-state index < -0.39 is 0 Å². The van der Waals surface area contributed by atoms with Crippen molar-refractivity contribution < 1.29 is 9.18 Å². The van der Waals surface area contributed by atoms with Gasteiger partial charge in [0.1, 0.15) is 5.82 Å². The lowest BCUT2D eigenvalue weighted by molar-refractivity contribution is 0.102. The smallest absolute Gasteiger partial charge is 0.260 e. The number of hydrogen-bond donors (Lipinski definition) is 1. The molecule has 0 saturated heterocycles. The molecule has 0 unspecified atom stereocenters. The summed E-state index contributed by atoms with van der Waals surface area (Å²) in [5, 5.41) is 7.72. The van der Waals surface area contributed by atoms with E-state index in [2.05, 4.69) is 15.4 Å². The van der Waals surface area contributed by atoms with Gasteiger partial charge in [0.2, 0.25) is 0 Å². The molecule has 25 heavy (non-hydrogen) atoms. The van der Waals surface area contributed by atoms with Crippen LogP contribution in [0.4, 0.5) is 9.52 Å². The van der Waals surface area contributed by atoms with E-state index in [9.17, 15) is 9.18 Å². The number of anilines is 1. The molecule has 0 radical (unpaired) electrons. The molecule has 0 spiro atoms. The summed E-state index contributed by atoms with van der Waals surface area (Å²) in [5.74, 6) is -0.553. The van der Waals surface area contributed by atoms with Gasteiger partial charge in [-0.15, -0.1) is 11.8 Å². The second-order valence-electron chi connectivity index (χ2n) is 5.30. The molecule has 8 heteroatoms. The normalized spacial score (nSPS) is 10.9. The van der Waals surface area contributed by atoms with Gasteiger partial charge in [0, 0.05) is 0 Å². The minimum Gasteiger partial charge on any atom is -0.298 e. The topological polar surface area (TPSA) is 59.8 Å². The largest absolute Gasteiger partial charge is 0.298 e. The highest BCUT2D eigenvalue weighted by atomic mass is 32.2. The number of aromatic nitrogens is 3. The summed E-state index contributed by atoms with van der Waals surface area (Å²) in [5.41, 5.74) is 2.88. The first-order chi connectivity index (χ1) is 12.0. The second-order valence-corrected chi connectivity index (χ2v) is 7.37. The van der Waals surface area contributed by atoms with Crippen molar-refractivity contribution in [2.45, 2.75) is 24.5 Å². The van der Waals surface area contributed by atoms with Crippen LogP contribution in [0, 0.1) is 12.7 Å². The van der Waals surface area contributed by atoms with Crippen molar-refractivity contribution in [2.75, 3.05) is 11.6 Å². The van der Waals surface area contributed by atoms with E-state index >= 15 is 0 Å². The maximum atomic E-state index is 13.1. The number of rotatable bonds is 5. The summed E-state index contributed by atoms with van der Waals surface area (Å²) in [7, 11) is 0. The number of carbonyl (C=O) groups excluding carboxylic acids is 1. The van der Waals surface area contributed by atoms with Gasteiger partial charge in [-0.25, -0.2) is 14.1 Å². The van der Waals surface area contributed by atoms with Gasteiger partial charge in [0.15, 0.2) is 5.13 Å². The Hall–Kier alpha value is -2.19. The summed E-state index contributed by atoms with van der Waals surface area (Å²) in [6, 6.07) is 6.02. The highest BCUT2D eigenvalue weighted by molar-refractivity contribution is 8.00. The number of nitrogens with zero attached hydrogens (tertiary/aromatic N) is 3. The zero-order chi connectivity index (χ0) is 18.0. The highest BCUT2D eigenvalue weighted by Gasteiger charge is 2.19. The van der Waals surface area contributed by atoms with Crippen molar-refractivity contribution in [2.24, 2.45) is 0 Å². The molecule has 1 N–H and O–H groups in total. The standard InChI is InChI=1S/C17H17FN4OS2/c1-4-14-13(9-19-22(14)12-7-5-11(18)6-8-12)15(23)21-17-20-10(2)16(24-3)25-17/h5-9H,4H2,1-3H3,(H,20,21,23). The van der Waals surface area contributed by atoms with Crippen LogP contribution in [0.15, 0.2) is 34.7 Å². The van der Waals surface area contributed by atoms with Crippen molar-refractivity contribution in [3.63, 3.8) is 0 Å². The van der Waals surface area contributed by atoms with Crippen LogP contribution < -0.4 is 5.32 Å². The van der Waals surface area contributed by atoms with Gasteiger partial charge in [-0.1, -0.05) is 18.3 Å². The summed E-state index contributed by atoms with van der Waals surface area (Å²) < 4.78 is 15.9. The van der Waals surface area contributed by atoms with Gasteiger partial charge >= 0.3 is 0 Å². The molecule has 0 aliphatic heterocycles. The van der Waals surface area contributed by atoms with E-state index in [1.54, 1.807) is 28.6 Å². The Labute approximate surface area is 153 Å². The molecule has 3 aromatic rings. The van der Waals surface area contributed by atoms with Gasteiger partial charge in [-0.05, 0) is 43.9 Å². The second kappa shape index (κ2) is 7.37. The first kappa shape index (κ1) is 17.6. The minimum absolute atomic E-state index is 0.244. The molecule has 1 amide bonds. The number of carbonyl (C=O) groups is 1. The first-order valence-electron chi connectivity index (χ1n) is 7.69. The van der Waals surface area contributed by atoms with Crippen molar-refractivity contribution in [1.82, 2.24) is 14.8 Å². The van der Waals surface area contributed by atoms with Crippen LogP contribution in [0.3, 0.4) is 0 Å². The Balaban J connectivity index is 1.89. The number of benzene rings is 1. The predicted octanol–water partition coefficient (Wildman–Crippen LogP) is 4.31. The van der Waals surface area contributed by atoms with E-state index in [0.717, 1.165) is 15.6 Å². The fraction of sp³-hybridized carbons (Fsp3) is 0.235. The number of nitrogens with one attached hydrogen (secondary N) is 1. The summed E-state index contributed by atoms with van der Waals surface area (Å²) >= 11 is 3.06. The van der Waals surface area contributed by atoms with Crippen LogP contribution in [0.25, 0.3) is 5.69 Å².